The summed E-state index contributed by atoms with van der Waals surface area (Å²) in [7, 11) is 0. The van der Waals surface area contributed by atoms with E-state index < -0.39 is 18.7 Å². The summed E-state index contributed by atoms with van der Waals surface area (Å²) in [5.41, 5.74) is 0.00391. The molecule has 0 aliphatic heterocycles. The molecule has 0 aliphatic carbocycles. The number of phenolic OH excluding ortho intramolecular Hbond substituents is 1. The summed E-state index contributed by atoms with van der Waals surface area (Å²) in [4.78, 5) is 0. The predicted octanol–water partition coefficient (Wildman–Crippen LogP) is 2.51. The van der Waals surface area contributed by atoms with Gasteiger partial charge in [0.2, 0.25) is 0 Å². The van der Waals surface area contributed by atoms with Crippen molar-refractivity contribution in [2.75, 3.05) is 0 Å². The van der Waals surface area contributed by atoms with Gasteiger partial charge in [0.15, 0.2) is 6.10 Å². The zero-order valence-electron chi connectivity index (χ0n) is 7.42. The second-order valence-electron chi connectivity index (χ2n) is 3.03. The fourth-order valence-corrected chi connectivity index (χ4v) is 1.20. The van der Waals surface area contributed by atoms with E-state index in [2.05, 4.69) is 0 Å². The molecule has 1 aromatic carbocycles. The van der Waals surface area contributed by atoms with Crippen molar-refractivity contribution in [1.82, 2.24) is 0 Å². The molecule has 2 nitrogen and oxygen atoms in total. The van der Waals surface area contributed by atoms with Crippen LogP contribution in [0.4, 0.5) is 13.2 Å². The number of benzene rings is 1. The largest absolute Gasteiger partial charge is 0.508 e. The Kier molecular flexibility index (Phi) is 3.46. The maximum absolute atomic E-state index is 12.0. The van der Waals surface area contributed by atoms with Crippen molar-refractivity contribution in [3.05, 3.63) is 28.8 Å². The summed E-state index contributed by atoms with van der Waals surface area (Å²) in [5, 5.41) is 18.2. The molecule has 0 saturated carbocycles. The lowest BCUT2D eigenvalue weighted by atomic mass is 10.1. The van der Waals surface area contributed by atoms with Crippen molar-refractivity contribution in [2.24, 2.45) is 0 Å². The number of aliphatic hydroxyl groups excluding tert-OH is 1. The standard InChI is InChI=1S/C9H8ClF3O2/c10-6-2-1-5(7(14)4-6)3-8(15)9(11,12)13/h1-2,4,8,14-15H,3H2. The highest BCUT2D eigenvalue weighted by Gasteiger charge is 2.38. The molecule has 0 radical (unpaired) electrons. The molecule has 0 amide bonds. The first kappa shape index (κ1) is 12.1. The van der Waals surface area contributed by atoms with Crippen LogP contribution in [0.15, 0.2) is 18.2 Å². The Hall–Kier alpha value is -0.940. The molecule has 2 N–H and O–H groups in total. The first-order valence-corrected chi connectivity index (χ1v) is 4.40. The number of hydrogen-bond acceptors (Lipinski definition) is 2. The molecule has 1 rings (SSSR count). The van der Waals surface area contributed by atoms with E-state index in [1.165, 1.54) is 12.1 Å². The molecular weight excluding hydrogens is 233 g/mol. The lowest BCUT2D eigenvalue weighted by Crippen LogP contribution is -2.30. The van der Waals surface area contributed by atoms with Crippen LogP contribution < -0.4 is 0 Å². The van der Waals surface area contributed by atoms with E-state index in [1.807, 2.05) is 0 Å². The number of aromatic hydroxyl groups is 1. The van der Waals surface area contributed by atoms with Crippen molar-refractivity contribution in [3.63, 3.8) is 0 Å². The van der Waals surface area contributed by atoms with E-state index in [4.69, 9.17) is 16.7 Å². The van der Waals surface area contributed by atoms with Crippen LogP contribution in [0.1, 0.15) is 5.56 Å². The lowest BCUT2D eigenvalue weighted by molar-refractivity contribution is -0.203. The van der Waals surface area contributed by atoms with Gasteiger partial charge in [-0.15, -0.1) is 0 Å². The quantitative estimate of drug-likeness (QED) is 0.834. The van der Waals surface area contributed by atoms with E-state index in [9.17, 15) is 18.3 Å². The van der Waals surface area contributed by atoms with Crippen molar-refractivity contribution in [2.45, 2.75) is 18.7 Å². The second kappa shape index (κ2) is 4.28. The van der Waals surface area contributed by atoms with Gasteiger partial charge in [-0.25, -0.2) is 0 Å². The highest BCUT2D eigenvalue weighted by molar-refractivity contribution is 6.30. The molecular formula is C9H8ClF3O2. The summed E-state index contributed by atoms with van der Waals surface area (Å²) >= 11 is 5.50. The van der Waals surface area contributed by atoms with Gasteiger partial charge in [-0.2, -0.15) is 13.2 Å². The van der Waals surface area contributed by atoms with Crippen LogP contribution in [0, 0.1) is 0 Å². The highest BCUT2D eigenvalue weighted by atomic mass is 35.5. The van der Waals surface area contributed by atoms with E-state index in [0.29, 0.717) is 0 Å². The van der Waals surface area contributed by atoms with Crippen molar-refractivity contribution < 1.29 is 23.4 Å². The summed E-state index contributed by atoms with van der Waals surface area (Å²) < 4.78 is 36.0. The van der Waals surface area contributed by atoms with Crippen LogP contribution in [-0.4, -0.2) is 22.5 Å². The van der Waals surface area contributed by atoms with Gasteiger partial charge in [-0.05, 0) is 17.7 Å². The van der Waals surface area contributed by atoms with Gasteiger partial charge in [-0.1, -0.05) is 17.7 Å². The second-order valence-corrected chi connectivity index (χ2v) is 3.47. The fourth-order valence-electron chi connectivity index (χ4n) is 1.03. The van der Waals surface area contributed by atoms with Gasteiger partial charge in [-0.3, -0.25) is 0 Å². The molecule has 1 atom stereocenters. The zero-order chi connectivity index (χ0) is 11.6. The number of alkyl halides is 3. The van der Waals surface area contributed by atoms with Crippen molar-refractivity contribution in [3.8, 4) is 5.75 Å². The number of aliphatic hydroxyl groups is 1. The van der Waals surface area contributed by atoms with Gasteiger partial charge in [0, 0.05) is 11.4 Å². The number of hydrogen-bond donors (Lipinski definition) is 2. The van der Waals surface area contributed by atoms with Crippen LogP contribution >= 0.6 is 11.6 Å². The molecule has 0 spiro atoms. The molecule has 0 heterocycles. The molecule has 15 heavy (non-hydrogen) atoms. The monoisotopic (exact) mass is 240 g/mol. The van der Waals surface area contributed by atoms with Crippen molar-refractivity contribution in [1.29, 1.82) is 0 Å². The average molecular weight is 241 g/mol. The van der Waals surface area contributed by atoms with Crippen LogP contribution in [0.3, 0.4) is 0 Å². The minimum atomic E-state index is -4.69. The van der Waals surface area contributed by atoms with E-state index in [1.54, 1.807) is 0 Å². The molecule has 0 saturated heterocycles. The molecule has 0 aromatic heterocycles. The van der Waals surface area contributed by atoms with Gasteiger partial charge in [0.25, 0.3) is 0 Å². The summed E-state index contributed by atoms with van der Waals surface area (Å²) in [6.45, 7) is 0. The SMILES string of the molecule is Oc1cc(Cl)ccc1CC(O)C(F)(F)F. The summed E-state index contributed by atoms with van der Waals surface area (Å²) in [6.07, 6.45) is -7.86. The minimum Gasteiger partial charge on any atom is -0.508 e. The molecule has 0 bridgehead atoms. The van der Waals surface area contributed by atoms with Gasteiger partial charge >= 0.3 is 6.18 Å². The summed E-state index contributed by atoms with van der Waals surface area (Å²) in [6, 6.07) is 3.71. The maximum Gasteiger partial charge on any atom is 0.414 e. The van der Waals surface area contributed by atoms with Crippen LogP contribution in [0.2, 0.25) is 5.02 Å². The Morgan fingerprint density at radius 1 is 1.33 bits per heavy atom. The fraction of sp³-hybridized carbons (Fsp3) is 0.333. The topological polar surface area (TPSA) is 40.5 Å². The molecule has 0 aliphatic rings. The molecule has 84 valence electrons. The van der Waals surface area contributed by atoms with E-state index in [-0.39, 0.29) is 16.3 Å². The van der Waals surface area contributed by atoms with Crippen LogP contribution in [0.5, 0.6) is 5.75 Å². The molecule has 0 fully saturated rings. The molecule has 6 heteroatoms. The number of phenols is 1. The number of rotatable bonds is 2. The Labute approximate surface area is 88.9 Å². The maximum atomic E-state index is 12.0. The van der Waals surface area contributed by atoms with Crippen LogP contribution in [0.25, 0.3) is 0 Å². The highest BCUT2D eigenvalue weighted by Crippen LogP contribution is 2.28. The first-order chi connectivity index (χ1) is 6.80. The summed E-state index contributed by atoms with van der Waals surface area (Å²) in [5.74, 6) is -0.356. The number of halogens is 4. The first-order valence-electron chi connectivity index (χ1n) is 4.03. The normalized spacial score (nSPS) is 13.9. The molecule has 1 aromatic rings. The Morgan fingerprint density at radius 2 is 1.93 bits per heavy atom. The minimum absolute atomic E-state index is 0.00391. The predicted molar refractivity (Wildman–Crippen MR) is 48.9 cm³/mol. The third-order valence-corrected chi connectivity index (χ3v) is 2.07. The molecule has 1 unspecified atom stereocenters. The third-order valence-electron chi connectivity index (χ3n) is 1.84. The zero-order valence-corrected chi connectivity index (χ0v) is 8.18. The van der Waals surface area contributed by atoms with E-state index in [0.717, 1.165) is 6.07 Å². The van der Waals surface area contributed by atoms with Gasteiger partial charge in [0.1, 0.15) is 5.75 Å². The Bertz CT molecular complexity index is 352. The van der Waals surface area contributed by atoms with Crippen LogP contribution in [-0.2, 0) is 6.42 Å². The average Bonchev–Trinajstić information content (AvgIpc) is 2.08. The van der Waals surface area contributed by atoms with Crippen molar-refractivity contribution >= 4 is 11.6 Å². The lowest BCUT2D eigenvalue weighted by Gasteiger charge is -2.14. The third kappa shape index (κ3) is 3.28. The van der Waals surface area contributed by atoms with Gasteiger partial charge < -0.3 is 10.2 Å². The Balaban J connectivity index is 2.82. The van der Waals surface area contributed by atoms with Gasteiger partial charge in [0.05, 0.1) is 0 Å². The smallest absolute Gasteiger partial charge is 0.414 e. The Morgan fingerprint density at radius 3 is 2.40 bits per heavy atom. The van der Waals surface area contributed by atoms with E-state index >= 15 is 0 Å².